The molecule has 1 rings (SSSR count). The fourth-order valence-electron chi connectivity index (χ4n) is 0.982. The maximum absolute atomic E-state index is 9.23. The summed E-state index contributed by atoms with van der Waals surface area (Å²) in [4.78, 5) is 0. The van der Waals surface area contributed by atoms with Crippen molar-refractivity contribution in [1.82, 2.24) is 0 Å². The first-order valence-electron chi connectivity index (χ1n) is 3.16. The van der Waals surface area contributed by atoms with Crippen molar-refractivity contribution in [2.45, 2.75) is 12.5 Å². The Labute approximate surface area is 63.3 Å². The minimum absolute atomic E-state index is 0.215. The highest BCUT2D eigenvalue weighted by Gasteiger charge is 2.22. The van der Waals surface area contributed by atoms with Gasteiger partial charge in [-0.25, -0.2) is 0 Å². The molecule has 3 heteroatoms. The van der Waals surface area contributed by atoms with Gasteiger partial charge in [0.2, 0.25) is 0 Å². The molecular weight excluding hydrogens is 184 g/mol. The Balaban J connectivity index is 2.24. The summed E-state index contributed by atoms with van der Waals surface area (Å²) in [5.41, 5.74) is 0. The molecule has 0 unspecified atom stereocenters. The number of hydrogen-bond acceptors (Lipinski definition) is 2. The molecule has 0 aromatic heterocycles. The Morgan fingerprint density at radius 2 is 2.56 bits per heavy atom. The van der Waals surface area contributed by atoms with Crippen molar-refractivity contribution in [1.29, 1.82) is 0 Å². The Kier molecular flexibility index (Phi) is 2.95. The van der Waals surface area contributed by atoms with E-state index in [9.17, 15) is 5.11 Å². The fraction of sp³-hybridized carbons (Fsp3) is 1.00. The summed E-state index contributed by atoms with van der Waals surface area (Å²) in [5.74, 6) is 0.365. The molecule has 1 heterocycles. The number of halogens is 1. The van der Waals surface area contributed by atoms with E-state index in [4.69, 9.17) is 4.74 Å². The molecule has 0 saturated carbocycles. The Hall–Kier alpha value is 0.400. The van der Waals surface area contributed by atoms with Crippen LogP contribution in [0.15, 0.2) is 0 Å². The quantitative estimate of drug-likeness (QED) is 0.659. The number of alkyl halides is 1. The zero-order valence-corrected chi connectivity index (χ0v) is 6.80. The number of hydrogen-bond donors (Lipinski definition) is 1. The number of aliphatic hydroxyl groups is 1. The summed E-state index contributed by atoms with van der Waals surface area (Å²) in [7, 11) is 0. The van der Waals surface area contributed by atoms with Crippen molar-refractivity contribution < 1.29 is 9.84 Å². The molecule has 0 spiro atoms. The van der Waals surface area contributed by atoms with Crippen LogP contribution < -0.4 is 0 Å². The van der Waals surface area contributed by atoms with Crippen LogP contribution in [-0.4, -0.2) is 29.8 Å². The predicted octanol–water partition coefficient (Wildman–Crippen LogP) is 0.779. The van der Waals surface area contributed by atoms with Gasteiger partial charge in [-0.15, -0.1) is 0 Å². The Morgan fingerprint density at radius 1 is 1.78 bits per heavy atom. The van der Waals surface area contributed by atoms with E-state index < -0.39 is 0 Å². The minimum atomic E-state index is -0.215. The Morgan fingerprint density at radius 3 is 3.00 bits per heavy atom. The maximum atomic E-state index is 9.23. The van der Waals surface area contributed by atoms with Crippen LogP contribution >= 0.6 is 15.9 Å². The van der Waals surface area contributed by atoms with Gasteiger partial charge in [0.1, 0.15) is 0 Å². The molecule has 1 aliphatic heterocycles. The van der Waals surface area contributed by atoms with E-state index in [1.807, 2.05) is 0 Å². The molecule has 0 aromatic carbocycles. The van der Waals surface area contributed by atoms with E-state index in [1.54, 1.807) is 0 Å². The molecule has 54 valence electrons. The van der Waals surface area contributed by atoms with Crippen molar-refractivity contribution in [3.05, 3.63) is 0 Å². The van der Waals surface area contributed by atoms with E-state index >= 15 is 0 Å². The highest BCUT2D eigenvalue weighted by Crippen LogP contribution is 2.17. The van der Waals surface area contributed by atoms with Crippen LogP contribution in [0.2, 0.25) is 0 Å². The van der Waals surface area contributed by atoms with E-state index in [-0.39, 0.29) is 6.10 Å². The largest absolute Gasteiger partial charge is 0.392 e. The topological polar surface area (TPSA) is 29.5 Å². The van der Waals surface area contributed by atoms with Gasteiger partial charge in [0.05, 0.1) is 12.7 Å². The van der Waals surface area contributed by atoms with Gasteiger partial charge >= 0.3 is 0 Å². The molecule has 1 N–H and O–H groups in total. The normalized spacial score (nSPS) is 30.7. The monoisotopic (exact) mass is 194 g/mol. The third-order valence-electron chi connectivity index (χ3n) is 1.67. The first-order valence-corrected chi connectivity index (χ1v) is 4.28. The fourth-order valence-corrected chi connectivity index (χ4v) is 1.51. The molecule has 9 heavy (non-hydrogen) atoms. The molecule has 0 radical (unpaired) electrons. The molecule has 1 aliphatic rings. The predicted molar refractivity (Wildman–Crippen MR) is 38.7 cm³/mol. The molecular formula is C6H11BrO2. The van der Waals surface area contributed by atoms with Crippen molar-refractivity contribution >= 4 is 15.9 Å². The summed E-state index contributed by atoms with van der Waals surface area (Å²) >= 11 is 3.22. The molecule has 0 aliphatic carbocycles. The van der Waals surface area contributed by atoms with E-state index in [1.165, 1.54) is 0 Å². The van der Waals surface area contributed by atoms with Crippen LogP contribution in [0.4, 0.5) is 0 Å². The van der Waals surface area contributed by atoms with Crippen molar-refractivity contribution in [2.24, 2.45) is 5.92 Å². The summed E-state index contributed by atoms with van der Waals surface area (Å²) < 4.78 is 5.10. The molecule has 1 saturated heterocycles. The third-order valence-corrected chi connectivity index (χ3v) is 2.33. The molecule has 0 aromatic rings. The average Bonchev–Trinajstić information content (AvgIpc) is 2.37. The standard InChI is InChI=1S/C6H11BrO2/c7-3-6(8)5-1-2-9-4-5/h5-6,8H,1-4H2/t5-,6-/m0/s1. The Bertz CT molecular complexity index is 81.1. The molecule has 2 nitrogen and oxygen atoms in total. The van der Waals surface area contributed by atoms with E-state index in [0.29, 0.717) is 11.2 Å². The van der Waals surface area contributed by atoms with Gasteiger partial charge in [0, 0.05) is 17.9 Å². The number of ether oxygens (including phenoxy) is 1. The molecule has 1 fully saturated rings. The number of aliphatic hydroxyl groups excluding tert-OH is 1. The summed E-state index contributed by atoms with van der Waals surface area (Å²) in [6.45, 7) is 1.54. The first kappa shape index (κ1) is 7.51. The molecule has 0 amide bonds. The van der Waals surface area contributed by atoms with Crippen LogP contribution in [-0.2, 0) is 4.74 Å². The lowest BCUT2D eigenvalue weighted by Gasteiger charge is -2.11. The van der Waals surface area contributed by atoms with Gasteiger partial charge in [-0.1, -0.05) is 15.9 Å². The lowest BCUT2D eigenvalue weighted by atomic mass is 10.0. The third kappa shape index (κ3) is 1.92. The van der Waals surface area contributed by atoms with Crippen LogP contribution in [0.1, 0.15) is 6.42 Å². The molecule has 0 bridgehead atoms. The van der Waals surface area contributed by atoms with Gasteiger partial charge in [-0.05, 0) is 6.42 Å². The van der Waals surface area contributed by atoms with Crippen molar-refractivity contribution in [3.8, 4) is 0 Å². The minimum Gasteiger partial charge on any atom is -0.392 e. The zero-order valence-electron chi connectivity index (χ0n) is 5.22. The molecule has 2 atom stereocenters. The van der Waals surface area contributed by atoms with Crippen LogP contribution in [0, 0.1) is 5.92 Å². The van der Waals surface area contributed by atoms with Gasteiger partial charge in [-0.3, -0.25) is 0 Å². The van der Waals surface area contributed by atoms with Crippen LogP contribution in [0.3, 0.4) is 0 Å². The van der Waals surface area contributed by atoms with Crippen molar-refractivity contribution in [3.63, 3.8) is 0 Å². The van der Waals surface area contributed by atoms with E-state index in [0.717, 1.165) is 19.6 Å². The highest BCUT2D eigenvalue weighted by atomic mass is 79.9. The summed E-state index contributed by atoms with van der Waals surface area (Å²) in [6.07, 6.45) is 0.791. The van der Waals surface area contributed by atoms with Gasteiger partial charge < -0.3 is 9.84 Å². The number of rotatable bonds is 2. The van der Waals surface area contributed by atoms with Gasteiger partial charge in [0.25, 0.3) is 0 Å². The second-order valence-electron chi connectivity index (χ2n) is 2.35. The van der Waals surface area contributed by atoms with Crippen molar-refractivity contribution in [2.75, 3.05) is 18.5 Å². The van der Waals surface area contributed by atoms with E-state index in [2.05, 4.69) is 15.9 Å². The highest BCUT2D eigenvalue weighted by molar-refractivity contribution is 9.09. The SMILES string of the molecule is O[C@@H](CBr)[C@H]1CCOC1. The van der Waals surface area contributed by atoms with Crippen LogP contribution in [0.5, 0.6) is 0 Å². The zero-order chi connectivity index (χ0) is 6.69. The summed E-state index contributed by atoms with van der Waals surface area (Å²) in [5, 5.41) is 9.90. The van der Waals surface area contributed by atoms with Gasteiger partial charge in [0.15, 0.2) is 0 Å². The second-order valence-corrected chi connectivity index (χ2v) is 2.99. The lowest BCUT2D eigenvalue weighted by molar-refractivity contribution is 0.110. The van der Waals surface area contributed by atoms with Gasteiger partial charge in [-0.2, -0.15) is 0 Å². The first-order chi connectivity index (χ1) is 4.34. The van der Waals surface area contributed by atoms with Crippen LogP contribution in [0.25, 0.3) is 0 Å². The second kappa shape index (κ2) is 3.54. The summed E-state index contributed by atoms with van der Waals surface area (Å²) in [6, 6.07) is 0. The average molecular weight is 195 g/mol. The lowest BCUT2D eigenvalue weighted by Crippen LogP contribution is -2.21. The maximum Gasteiger partial charge on any atom is 0.0687 e. The smallest absolute Gasteiger partial charge is 0.0687 e.